The number of nitrogens with zero attached hydrogens (tertiary/aromatic N) is 3. The molecule has 0 aromatic carbocycles. The molecule has 1 fully saturated rings. The number of nitrogens with one attached hydrogen (secondary N) is 1. The lowest BCUT2D eigenvalue weighted by Crippen LogP contribution is -2.38. The van der Waals surface area contributed by atoms with Crippen molar-refractivity contribution in [2.24, 2.45) is 0 Å². The van der Waals surface area contributed by atoms with Crippen LogP contribution in [0.2, 0.25) is 0 Å². The molecule has 7 heteroatoms. The summed E-state index contributed by atoms with van der Waals surface area (Å²) in [6.45, 7) is 5.45. The fourth-order valence-electron chi connectivity index (χ4n) is 2.62. The van der Waals surface area contributed by atoms with Crippen molar-refractivity contribution in [3.8, 4) is 0 Å². The fraction of sp³-hybridized carbons (Fsp3) is 0.500. The van der Waals surface area contributed by atoms with Gasteiger partial charge in [0, 0.05) is 36.3 Å². The Bertz CT molecular complexity index is 603. The predicted molar refractivity (Wildman–Crippen MR) is 80.6 cm³/mol. The quantitative estimate of drug-likeness (QED) is 0.930. The SMILES string of the molecule is Cc1noc(C)c1CC(=O)NC1CCN(c2nccs2)C1. The Balaban J connectivity index is 1.54. The van der Waals surface area contributed by atoms with Gasteiger partial charge in [0.2, 0.25) is 5.91 Å². The molecule has 1 aliphatic rings. The lowest BCUT2D eigenvalue weighted by atomic mass is 10.1. The van der Waals surface area contributed by atoms with Gasteiger partial charge in [-0.15, -0.1) is 11.3 Å². The summed E-state index contributed by atoms with van der Waals surface area (Å²) in [5, 5.41) is 9.96. The molecule has 0 radical (unpaired) electrons. The van der Waals surface area contributed by atoms with Gasteiger partial charge in [0.05, 0.1) is 12.1 Å². The van der Waals surface area contributed by atoms with Crippen molar-refractivity contribution in [2.45, 2.75) is 32.7 Å². The Morgan fingerprint density at radius 3 is 3.10 bits per heavy atom. The highest BCUT2D eigenvalue weighted by atomic mass is 32.1. The molecule has 0 bridgehead atoms. The Kier molecular flexibility index (Phi) is 3.92. The second-order valence-corrected chi connectivity index (χ2v) is 6.17. The predicted octanol–water partition coefficient (Wildman–Crippen LogP) is 1.69. The Morgan fingerprint density at radius 1 is 1.57 bits per heavy atom. The Hall–Kier alpha value is -1.89. The molecule has 1 atom stereocenters. The van der Waals surface area contributed by atoms with Crippen molar-refractivity contribution in [2.75, 3.05) is 18.0 Å². The summed E-state index contributed by atoms with van der Waals surface area (Å²) in [6.07, 6.45) is 3.09. The first-order valence-electron chi connectivity index (χ1n) is 6.99. The molecule has 2 aromatic heterocycles. The molecule has 1 unspecified atom stereocenters. The van der Waals surface area contributed by atoms with Gasteiger partial charge in [-0.3, -0.25) is 4.79 Å². The van der Waals surface area contributed by atoms with Crippen LogP contribution in [0.5, 0.6) is 0 Å². The fourth-order valence-corrected chi connectivity index (χ4v) is 3.30. The molecule has 1 amide bonds. The highest BCUT2D eigenvalue weighted by molar-refractivity contribution is 7.13. The van der Waals surface area contributed by atoms with Gasteiger partial charge in [0.15, 0.2) is 5.13 Å². The van der Waals surface area contributed by atoms with Crippen molar-refractivity contribution in [1.82, 2.24) is 15.5 Å². The summed E-state index contributed by atoms with van der Waals surface area (Å²) in [4.78, 5) is 18.7. The van der Waals surface area contributed by atoms with Crippen LogP contribution >= 0.6 is 11.3 Å². The number of anilines is 1. The van der Waals surface area contributed by atoms with E-state index in [-0.39, 0.29) is 11.9 Å². The van der Waals surface area contributed by atoms with Crippen LogP contribution < -0.4 is 10.2 Å². The van der Waals surface area contributed by atoms with Crippen LogP contribution in [0.25, 0.3) is 0 Å². The van der Waals surface area contributed by atoms with Crippen molar-refractivity contribution in [3.05, 3.63) is 28.6 Å². The van der Waals surface area contributed by atoms with E-state index in [2.05, 4.69) is 20.4 Å². The van der Waals surface area contributed by atoms with Crippen molar-refractivity contribution in [3.63, 3.8) is 0 Å². The number of hydrogen-bond acceptors (Lipinski definition) is 6. The van der Waals surface area contributed by atoms with Crippen LogP contribution in [0.15, 0.2) is 16.1 Å². The molecular weight excluding hydrogens is 288 g/mol. The normalized spacial score (nSPS) is 18.2. The molecule has 6 nitrogen and oxygen atoms in total. The van der Waals surface area contributed by atoms with Gasteiger partial charge >= 0.3 is 0 Å². The van der Waals surface area contributed by atoms with Crippen LogP contribution in [-0.2, 0) is 11.2 Å². The number of aryl methyl sites for hydroxylation is 2. The molecule has 1 N–H and O–H groups in total. The van der Waals surface area contributed by atoms with E-state index in [0.29, 0.717) is 6.42 Å². The van der Waals surface area contributed by atoms with E-state index in [1.54, 1.807) is 11.3 Å². The monoisotopic (exact) mass is 306 g/mol. The molecule has 21 heavy (non-hydrogen) atoms. The molecule has 1 saturated heterocycles. The molecule has 1 aliphatic heterocycles. The van der Waals surface area contributed by atoms with E-state index in [9.17, 15) is 4.79 Å². The third kappa shape index (κ3) is 3.07. The van der Waals surface area contributed by atoms with Crippen LogP contribution in [-0.4, -0.2) is 35.2 Å². The summed E-state index contributed by atoms with van der Waals surface area (Å²) in [5.74, 6) is 0.744. The number of rotatable bonds is 4. The number of aromatic nitrogens is 2. The molecule has 3 rings (SSSR count). The summed E-state index contributed by atoms with van der Waals surface area (Å²) in [5.41, 5.74) is 1.68. The standard InChI is InChI=1S/C14H18N4O2S/c1-9-12(10(2)20-17-9)7-13(19)16-11-3-5-18(8-11)14-15-4-6-21-14/h4,6,11H,3,5,7-8H2,1-2H3,(H,16,19). The minimum absolute atomic E-state index is 0.0235. The third-order valence-electron chi connectivity index (χ3n) is 3.76. The average molecular weight is 306 g/mol. The smallest absolute Gasteiger partial charge is 0.224 e. The Morgan fingerprint density at radius 2 is 2.43 bits per heavy atom. The van der Waals surface area contributed by atoms with Crippen molar-refractivity contribution >= 4 is 22.4 Å². The summed E-state index contributed by atoms with van der Waals surface area (Å²) < 4.78 is 5.09. The topological polar surface area (TPSA) is 71.3 Å². The molecule has 3 heterocycles. The number of hydrogen-bond donors (Lipinski definition) is 1. The third-order valence-corrected chi connectivity index (χ3v) is 4.59. The zero-order valence-corrected chi connectivity index (χ0v) is 12.9. The second kappa shape index (κ2) is 5.85. The number of carbonyl (C=O) groups is 1. The maximum Gasteiger partial charge on any atom is 0.224 e. The summed E-state index contributed by atoms with van der Waals surface area (Å²) in [6, 6.07) is 0.182. The zero-order valence-electron chi connectivity index (χ0n) is 12.1. The van der Waals surface area contributed by atoms with E-state index >= 15 is 0 Å². The van der Waals surface area contributed by atoms with Gasteiger partial charge in [0.25, 0.3) is 0 Å². The molecule has 0 spiro atoms. The molecule has 0 aliphatic carbocycles. The van der Waals surface area contributed by atoms with E-state index in [1.165, 1.54) is 0 Å². The second-order valence-electron chi connectivity index (χ2n) is 5.29. The van der Waals surface area contributed by atoms with E-state index in [4.69, 9.17) is 4.52 Å². The number of carbonyl (C=O) groups excluding carboxylic acids is 1. The number of thiazole rings is 1. The van der Waals surface area contributed by atoms with Gasteiger partial charge in [-0.05, 0) is 20.3 Å². The molecule has 0 saturated carbocycles. The van der Waals surface area contributed by atoms with E-state index in [1.807, 2.05) is 25.4 Å². The Labute approximate surface area is 127 Å². The lowest BCUT2D eigenvalue weighted by Gasteiger charge is -2.15. The molecular formula is C14H18N4O2S. The highest BCUT2D eigenvalue weighted by Gasteiger charge is 2.25. The van der Waals surface area contributed by atoms with E-state index in [0.717, 1.165) is 41.7 Å². The summed E-state index contributed by atoms with van der Waals surface area (Å²) >= 11 is 1.63. The largest absolute Gasteiger partial charge is 0.361 e. The highest BCUT2D eigenvalue weighted by Crippen LogP contribution is 2.22. The van der Waals surface area contributed by atoms with Crippen LogP contribution in [0.1, 0.15) is 23.4 Å². The number of amides is 1. The maximum atomic E-state index is 12.2. The zero-order chi connectivity index (χ0) is 14.8. The molecule has 112 valence electrons. The minimum atomic E-state index is 0.0235. The van der Waals surface area contributed by atoms with Crippen LogP contribution in [0.4, 0.5) is 5.13 Å². The van der Waals surface area contributed by atoms with Crippen molar-refractivity contribution < 1.29 is 9.32 Å². The van der Waals surface area contributed by atoms with Crippen LogP contribution in [0.3, 0.4) is 0 Å². The van der Waals surface area contributed by atoms with Crippen molar-refractivity contribution in [1.29, 1.82) is 0 Å². The molecule has 2 aromatic rings. The van der Waals surface area contributed by atoms with Gasteiger partial charge in [0.1, 0.15) is 5.76 Å². The maximum absolute atomic E-state index is 12.2. The van der Waals surface area contributed by atoms with Crippen LogP contribution in [0, 0.1) is 13.8 Å². The first kappa shape index (κ1) is 14.1. The first-order chi connectivity index (χ1) is 10.1. The van der Waals surface area contributed by atoms with E-state index < -0.39 is 0 Å². The van der Waals surface area contributed by atoms with Gasteiger partial charge in [-0.1, -0.05) is 5.16 Å². The average Bonchev–Trinajstić information content (AvgIpc) is 3.16. The summed E-state index contributed by atoms with van der Waals surface area (Å²) in [7, 11) is 0. The van der Waals surface area contributed by atoms with Gasteiger partial charge < -0.3 is 14.7 Å². The minimum Gasteiger partial charge on any atom is -0.361 e. The van der Waals surface area contributed by atoms with Gasteiger partial charge in [-0.25, -0.2) is 4.98 Å². The first-order valence-corrected chi connectivity index (χ1v) is 7.87. The lowest BCUT2D eigenvalue weighted by molar-refractivity contribution is -0.121. The van der Waals surface area contributed by atoms with Gasteiger partial charge in [-0.2, -0.15) is 0 Å².